The number of rotatable bonds is 2. The van der Waals surface area contributed by atoms with Gasteiger partial charge in [0.15, 0.2) is 0 Å². The lowest BCUT2D eigenvalue weighted by molar-refractivity contribution is 0.661. The predicted molar refractivity (Wildman–Crippen MR) is 212 cm³/mol. The second-order valence-electron chi connectivity index (χ2n) is 14.8. The van der Waals surface area contributed by atoms with E-state index in [0.29, 0.717) is 11.8 Å². The van der Waals surface area contributed by atoms with Crippen molar-refractivity contribution >= 4 is 59.8 Å². The third-order valence-corrected chi connectivity index (χ3v) is 11.8. The summed E-state index contributed by atoms with van der Waals surface area (Å²) in [5, 5.41) is 10.1. The maximum Gasteiger partial charge on any atom is 0.136 e. The Morgan fingerprint density at radius 1 is 0.520 bits per heavy atom. The van der Waals surface area contributed by atoms with Gasteiger partial charge in [0.25, 0.3) is 0 Å². The molecule has 0 fully saturated rings. The molecular formula is C49H34O. The first kappa shape index (κ1) is 28.0. The highest BCUT2D eigenvalue weighted by Gasteiger charge is 2.36. The summed E-state index contributed by atoms with van der Waals surface area (Å²) >= 11 is 0. The van der Waals surface area contributed by atoms with Gasteiger partial charge in [0.1, 0.15) is 11.2 Å². The van der Waals surface area contributed by atoms with Crippen molar-refractivity contribution < 1.29 is 4.42 Å². The van der Waals surface area contributed by atoms with Gasteiger partial charge in [-0.05, 0) is 107 Å². The van der Waals surface area contributed by atoms with Crippen molar-refractivity contribution in [3.05, 3.63) is 174 Å². The zero-order valence-electron chi connectivity index (χ0n) is 28.1. The largest absolute Gasteiger partial charge is 0.456 e. The van der Waals surface area contributed by atoms with Gasteiger partial charge in [-0.1, -0.05) is 141 Å². The van der Waals surface area contributed by atoms with Crippen LogP contribution in [0.5, 0.6) is 0 Å². The molecule has 0 saturated carbocycles. The first-order chi connectivity index (χ1) is 24.6. The Bertz CT molecular complexity index is 2850. The number of para-hydroxylation sites is 1. The van der Waals surface area contributed by atoms with E-state index in [9.17, 15) is 0 Å². The summed E-state index contributed by atoms with van der Waals surface area (Å²) in [5.74, 6) is 0.713. The van der Waals surface area contributed by atoms with E-state index in [4.69, 9.17) is 4.42 Å². The van der Waals surface area contributed by atoms with Crippen LogP contribution >= 0.6 is 0 Å². The summed E-state index contributed by atoms with van der Waals surface area (Å²) in [7, 11) is 0. The fraction of sp³-hybridized carbons (Fsp3) is 0.102. The van der Waals surface area contributed by atoms with Crippen molar-refractivity contribution in [3.63, 3.8) is 0 Å². The minimum absolute atomic E-state index is 0.113. The van der Waals surface area contributed by atoms with Crippen LogP contribution in [0, 0.1) is 11.8 Å². The molecule has 236 valence electrons. The molecule has 2 atom stereocenters. The van der Waals surface area contributed by atoms with Crippen molar-refractivity contribution in [1.29, 1.82) is 0 Å². The van der Waals surface area contributed by atoms with Gasteiger partial charge in [-0.2, -0.15) is 0 Å². The molecule has 1 aromatic heterocycles. The molecule has 1 heteroatoms. The van der Waals surface area contributed by atoms with Gasteiger partial charge < -0.3 is 4.42 Å². The Morgan fingerprint density at radius 2 is 1.18 bits per heavy atom. The number of benzene rings is 7. The molecule has 1 nitrogen and oxygen atoms in total. The van der Waals surface area contributed by atoms with Gasteiger partial charge in [0.05, 0.1) is 0 Å². The van der Waals surface area contributed by atoms with Gasteiger partial charge in [0.2, 0.25) is 0 Å². The molecule has 50 heavy (non-hydrogen) atoms. The molecule has 8 aromatic rings. The van der Waals surface area contributed by atoms with E-state index in [-0.39, 0.29) is 5.41 Å². The summed E-state index contributed by atoms with van der Waals surface area (Å²) < 4.78 is 6.32. The molecule has 1 heterocycles. The van der Waals surface area contributed by atoms with E-state index in [2.05, 4.69) is 172 Å². The Hall–Kier alpha value is -5.92. The summed E-state index contributed by atoms with van der Waals surface area (Å²) in [4.78, 5) is 0. The van der Waals surface area contributed by atoms with Gasteiger partial charge in [-0.3, -0.25) is 0 Å². The number of hydrogen-bond acceptors (Lipinski definition) is 1. The van der Waals surface area contributed by atoms with Crippen molar-refractivity contribution in [2.24, 2.45) is 11.8 Å². The normalized spacial score (nSPS) is 18.6. The van der Waals surface area contributed by atoms with Crippen molar-refractivity contribution in [2.45, 2.75) is 19.3 Å². The predicted octanol–water partition coefficient (Wildman–Crippen LogP) is 13.3. The molecular weight excluding hydrogens is 605 g/mol. The summed E-state index contributed by atoms with van der Waals surface area (Å²) in [6.07, 6.45) is 16.0. The van der Waals surface area contributed by atoms with Crippen LogP contribution in [-0.2, 0) is 5.41 Å². The highest BCUT2D eigenvalue weighted by molar-refractivity contribution is 6.21. The molecule has 0 amide bonds. The highest BCUT2D eigenvalue weighted by Crippen LogP contribution is 2.53. The quantitative estimate of drug-likeness (QED) is 0.172. The lowest BCUT2D eigenvalue weighted by Crippen LogP contribution is -2.15. The number of furan rings is 1. The second-order valence-corrected chi connectivity index (χ2v) is 14.8. The van der Waals surface area contributed by atoms with Crippen LogP contribution in [0.3, 0.4) is 0 Å². The van der Waals surface area contributed by atoms with Gasteiger partial charge in [-0.15, -0.1) is 0 Å². The maximum atomic E-state index is 6.32. The Kier molecular flexibility index (Phi) is 5.63. The number of allylic oxidation sites excluding steroid dienone is 8. The average Bonchev–Trinajstić information content (AvgIpc) is 3.64. The molecule has 0 spiro atoms. The molecule has 0 bridgehead atoms. The first-order valence-corrected chi connectivity index (χ1v) is 17.8. The van der Waals surface area contributed by atoms with Crippen LogP contribution in [0.2, 0.25) is 0 Å². The first-order valence-electron chi connectivity index (χ1n) is 17.8. The average molecular weight is 639 g/mol. The van der Waals surface area contributed by atoms with Crippen molar-refractivity contribution in [2.75, 3.05) is 0 Å². The fourth-order valence-electron chi connectivity index (χ4n) is 9.47. The lowest BCUT2D eigenvalue weighted by atomic mass is 9.74. The highest BCUT2D eigenvalue weighted by atomic mass is 16.3. The second kappa shape index (κ2) is 10.1. The third kappa shape index (κ3) is 3.72. The van der Waals surface area contributed by atoms with Crippen LogP contribution in [0.4, 0.5) is 0 Å². The Balaban J connectivity index is 1.17. The zero-order valence-corrected chi connectivity index (χ0v) is 28.1. The fourth-order valence-corrected chi connectivity index (χ4v) is 9.47. The number of fused-ring (bicyclic) bond motifs is 11. The Labute approximate surface area is 291 Å². The van der Waals surface area contributed by atoms with Gasteiger partial charge in [0, 0.05) is 28.0 Å². The van der Waals surface area contributed by atoms with Crippen molar-refractivity contribution in [3.8, 4) is 22.3 Å². The SMILES string of the molecule is CC1(C)c2ccc(-c3c4ccccc4c(C4=CC=CC5C=CC=CC45)c4ccccc34)cc2-c2cc3c(ccc4oc5ccccc5c43)cc21. The molecule has 2 unspecified atom stereocenters. The molecule has 3 aliphatic carbocycles. The standard InChI is InChI=1S/C49H34O/c1-49(2)42-24-22-31(26-40(42)41-28-39-30(27-43(41)49)23-25-45-48(39)38-19-9-10-21-44(38)50-45)46-34-15-5-7-17-36(34)47(37-18-8-6-16-35(37)46)33-20-11-13-29-12-3-4-14-32(29)33/h3-29,32H,1-2H3. The summed E-state index contributed by atoms with van der Waals surface area (Å²) in [6, 6.07) is 43.0. The molecule has 11 rings (SSSR count). The Morgan fingerprint density at radius 3 is 1.96 bits per heavy atom. The molecule has 0 radical (unpaired) electrons. The lowest BCUT2D eigenvalue weighted by Gasteiger charge is -2.29. The van der Waals surface area contributed by atoms with Crippen LogP contribution in [0.15, 0.2) is 162 Å². The summed E-state index contributed by atoms with van der Waals surface area (Å²) in [6.45, 7) is 4.76. The molecule has 0 aliphatic heterocycles. The van der Waals surface area contributed by atoms with Crippen LogP contribution < -0.4 is 0 Å². The van der Waals surface area contributed by atoms with Crippen LogP contribution in [-0.4, -0.2) is 0 Å². The maximum absolute atomic E-state index is 6.32. The van der Waals surface area contributed by atoms with E-state index in [1.807, 2.05) is 0 Å². The summed E-state index contributed by atoms with van der Waals surface area (Å²) in [5.41, 5.74) is 12.5. The number of hydrogen-bond donors (Lipinski definition) is 0. The van der Waals surface area contributed by atoms with Crippen LogP contribution in [0.1, 0.15) is 30.5 Å². The molecule has 0 N–H and O–H groups in total. The van der Waals surface area contributed by atoms with Crippen LogP contribution in [0.25, 0.3) is 82.1 Å². The minimum atomic E-state index is -0.113. The molecule has 0 saturated heterocycles. The topological polar surface area (TPSA) is 13.1 Å². The van der Waals surface area contributed by atoms with E-state index >= 15 is 0 Å². The smallest absolute Gasteiger partial charge is 0.136 e. The minimum Gasteiger partial charge on any atom is -0.456 e. The van der Waals surface area contributed by atoms with E-state index < -0.39 is 0 Å². The monoisotopic (exact) mass is 638 g/mol. The molecule has 7 aromatic carbocycles. The van der Waals surface area contributed by atoms with Gasteiger partial charge >= 0.3 is 0 Å². The van der Waals surface area contributed by atoms with E-state index in [1.54, 1.807) is 0 Å². The molecule has 3 aliphatic rings. The zero-order chi connectivity index (χ0) is 33.1. The van der Waals surface area contributed by atoms with Gasteiger partial charge in [-0.25, -0.2) is 0 Å². The third-order valence-electron chi connectivity index (χ3n) is 11.8. The van der Waals surface area contributed by atoms with E-state index in [0.717, 1.165) is 11.2 Å². The van der Waals surface area contributed by atoms with E-state index in [1.165, 1.54) is 87.6 Å². The van der Waals surface area contributed by atoms with Crippen molar-refractivity contribution in [1.82, 2.24) is 0 Å².